The predicted octanol–water partition coefficient (Wildman–Crippen LogP) is -0.233. The molecule has 0 aromatic rings. The van der Waals surface area contributed by atoms with E-state index < -0.39 is 0 Å². The van der Waals surface area contributed by atoms with Crippen LogP contribution in [0.2, 0.25) is 0 Å². The van der Waals surface area contributed by atoms with Gasteiger partial charge in [0.2, 0.25) is 5.91 Å². The van der Waals surface area contributed by atoms with E-state index in [1.165, 1.54) is 0 Å². The summed E-state index contributed by atoms with van der Waals surface area (Å²) in [5.74, 6) is 1.34. The third kappa shape index (κ3) is 0.814. The van der Waals surface area contributed by atoms with E-state index >= 15 is 0 Å². The van der Waals surface area contributed by atoms with Gasteiger partial charge in [-0.25, -0.2) is 0 Å². The monoisotopic (exact) mass is 141 g/mol. The van der Waals surface area contributed by atoms with E-state index in [9.17, 15) is 4.79 Å². The Morgan fingerprint density at radius 2 is 2.10 bits per heavy atom. The SMILES string of the molecule is CC(=O)NC1C2COC[C@@H]21. The molecule has 3 heteroatoms. The molecule has 0 aromatic carbocycles. The van der Waals surface area contributed by atoms with Crippen molar-refractivity contribution in [2.75, 3.05) is 13.2 Å². The number of hydrogen-bond acceptors (Lipinski definition) is 2. The van der Waals surface area contributed by atoms with Crippen molar-refractivity contribution in [3.8, 4) is 0 Å². The van der Waals surface area contributed by atoms with Crippen LogP contribution in [0.15, 0.2) is 0 Å². The number of amides is 1. The van der Waals surface area contributed by atoms with Crippen molar-refractivity contribution in [1.82, 2.24) is 5.32 Å². The van der Waals surface area contributed by atoms with Crippen LogP contribution in [0.4, 0.5) is 0 Å². The molecule has 3 nitrogen and oxygen atoms in total. The molecule has 0 aromatic heterocycles. The van der Waals surface area contributed by atoms with Gasteiger partial charge in [0.1, 0.15) is 0 Å². The first-order valence-corrected chi connectivity index (χ1v) is 3.64. The first-order valence-electron chi connectivity index (χ1n) is 3.64. The molecule has 1 saturated heterocycles. The van der Waals surface area contributed by atoms with Gasteiger partial charge in [-0.3, -0.25) is 4.79 Å². The molecule has 10 heavy (non-hydrogen) atoms. The summed E-state index contributed by atoms with van der Waals surface area (Å²) in [6.45, 7) is 3.25. The quantitative estimate of drug-likeness (QED) is 0.547. The highest BCUT2D eigenvalue weighted by atomic mass is 16.5. The highest BCUT2D eigenvalue weighted by molar-refractivity contribution is 5.73. The summed E-state index contributed by atoms with van der Waals surface area (Å²) >= 11 is 0. The average molecular weight is 141 g/mol. The predicted molar refractivity (Wildman–Crippen MR) is 35.4 cm³/mol. The fourth-order valence-corrected chi connectivity index (χ4v) is 1.69. The molecule has 0 bridgehead atoms. The van der Waals surface area contributed by atoms with Crippen molar-refractivity contribution in [2.45, 2.75) is 13.0 Å². The number of carbonyl (C=O) groups is 1. The van der Waals surface area contributed by atoms with Crippen LogP contribution in [0.3, 0.4) is 0 Å². The van der Waals surface area contributed by atoms with Gasteiger partial charge in [0, 0.05) is 24.8 Å². The second-order valence-corrected chi connectivity index (χ2v) is 3.09. The Morgan fingerprint density at radius 1 is 1.50 bits per heavy atom. The van der Waals surface area contributed by atoms with Crippen LogP contribution in [-0.2, 0) is 9.53 Å². The average Bonchev–Trinajstić information content (AvgIpc) is 2.40. The summed E-state index contributed by atoms with van der Waals surface area (Å²) in [6, 6.07) is 0.436. The third-order valence-electron chi connectivity index (χ3n) is 2.32. The summed E-state index contributed by atoms with van der Waals surface area (Å²) in [5, 5.41) is 2.90. The molecule has 1 heterocycles. The van der Waals surface area contributed by atoms with Crippen molar-refractivity contribution >= 4 is 5.91 Å². The second-order valence-electron chi connectivity index (χ2n) is 3.09. The van der Waals surface area contributed by atoms with Crippen LogP contribution >= 0.6 is 0 Å². The van der Waals surface area contributed by atoms with Crippen molar-refractivity contribution in [2.24, 2.45) is 11.8 Å². The Hall–Kier alpha value is -0.570. The lowest BCUT2D eigenvalue weighted by molar-refractivity contribution is -0.119. The lowest BCUT2D eigenvalue weighted by Gasteiger charge is -2.03. The van der Waals surface area contributed by atoms with E-state index in [2.05, 4.69) is 5.32 Å². The van der Waals surface area contributed by atoms with Crippen LogP contribution in [-0.4, -0.2) is 25.2 Å². The largest absolute Gasteiger partial charge is 0.381 e. The lowest BCUT2D eigenvalue weighted by atomic mass is 10.4. The second kappa shape index (κ2) is 1.95. The molecule has 3 atom stereocenters. The molecule has 0 spiro atoms. The molecule has 2 aliphatic rings. The number of fused-ring (bicyclic) bond motifs is 1. The molecule has 0 radical (unpaired) electrons. The van der Waals surface area contributed by atoms with Gasteiger partial charge >= 0.3 is 0 Å². The zero-order valence-electron chi connectivity index (χ0n) is 5.96. The van der Waals surface area contributed by atoms with Crippen molar-refractivity contribution in [1.29, 1.82) is 0 Å². The van der Waals surface area contributed by atoms with Gasteiger partial charge in [-0.2, -0.15) is 0 Å². The van der Waals surface area contributed by atoms with Gasteiger partial charge in [0.25, 0.3) is 0 Å². The molecular formula is C7H11NO2. The van der Waals surface area contributed by atoms with Gasteiger partial charge < -0.3 is 10.1 Å². The van der Waals surface area contributed by atoms with Gasteiger partial charge in [-0.05, 0) is 0 Å². The van der Waals surface area contributed by atoms with E-state index in [1.54, 1.807) is 6.92 Å². The molecule has 1 saturated carbocycles. The molecule has 2 unspecified atom stereocenters. The number of ether oxygens (including phenoxy) is 1. The molecule has 2 fully saturated rings. The molecule has 1 amide bonds. The fraction of sp³-hybridized carbons (Fsp3) is 0.857. The molecule has 1 aliphatic carbocycles. The van der Waals surface area contributed by atoms with Crippen molar-refractivity contribution in [3.63, 3.8) is 0 Å². The molecule has 1 N–H and O–H groups in total. The zero-order valence-corrected chi connectivity index (χ0v) is 5.96. The van der Waals surface area contributed by atoms with Gasteiger partial charge in [-0.1, -0.05) is 0 Å². The minimum atomic E-state index is 0.0828. The summed E-state index contributed by atoms with van der Waals surface area (Å²) in [4.78, 5) is 10.6. The van der Waals surface area contributed by atoms with E-state index in [4.69, 9.17) is 4.74 Å². The standard InChI is InChI=1S/C7H11NO2/c1-4(9)8-7-5-2-10-3-6(5)7/h5-7H,2-3H2,1H3,(H,8,9)/t5-,6?,7?/m0/s1. The smallest absolute Gasteiger partial charge is 0.217 e. The fourth-order valence-electron chi connectivity index (χ4n) is 1.69. The van der Waals surface area contributed by atoms with Crippen LogP contribution in [0.1, 0.15) is 6.92 Å². The van der Waals surface area contributed by atoms with Crippen LogP contribution in [0, 0.1) is 11.8 Å². The normalized spacial score (nSPS) is 42.7. The summed E-state index contributed by atoms with van der Waals surface area (Å²) in [5.41, 5.74) is 0. The maximum Gasteiger partial charge on any atom is 0.217 e. The lowest BCUT2D eigenvalue weighted by Crippen LogP contribution is -2.27. The maximum absolute atomic E-state index is 10.6. The van der Waals surface area contributed by atoms with E-state index in [1.807, 2.05) is 0 Å². The summed E-state index contributed by atoms with van der Waals surface area (Å²) in [6.07, 6.45) is 0. The third-order valence-corrected chi connectivity index (χ3v) is 2.32. The number of carbonyl (C=O) groups excluding carboxylic acids is 1. The maximum atomic E-state index is 10.6. The Balaban J connectivity index is 1.84. The highest BCUT2D eigenvalue weighted by Crippen LogP contribution is 2.43. The number of hydrogen-bond donors (Lipinski definition) is 1. The zero-order chi connectivity index (χ0) is 7.14. The van der Waals surface area contributed by atoms with Crippen molar-refractivity contribution in [3.05, 3.63) is 0 Å². The van der Waals surface area contributed by atoms with Crippen LogP contribution in [0.5, 0.6) is 0 Å². The Bertz CT molecular complexity index is 159. The minimum Gasteiger partial charge on any atom is -0.381 e. The van der Waals surface area contributed by atoms with Crippen LogP contribution in [0.25, 0.3) is 0 Å². The Kier molecular flexibility index (Phi) is 1.20. The van der Waals surface area contributed by atoms with Gasteiger partial charge in [0.05, 0.1) is 13.2 Å². The molecule has 1 aliphatic heterocycles. The van der Waals surface area contributed by atoms with Crippen molar-refractivity contribution < 1.29 is 9.53 Å². The van der Waals surface area contributed by atoms with Gasteiger partial charge in [-0.15, -0.1) is 0 Å². The van der Waals surface area contributed by atoms with Crippen LogP contribution < -0.4 is 5.32 Å². The molecule has 2 rings (SSSR count). The molecule has 56 valence electrons. The Morgan fingerprint density at radius 3 is 2.60 bits per heavy atom. The summed E-state index contributed by atoms with van der Waals surface area (Å²) in [7, 11) is 0. The first kappa shape index (κ1) is 6.16. The van der Waals surface area contributed by atoms with E-state index in [0.717, 1.165) is 13.2 Å². The minimum absolute atomic E-state index is 0.0828. The first-order chi connectivity index (χ1) is 4.79. The number of rotatable bonds is 1. The number of nitrogens with one attached hydrogen (secondary N) is 1. The van der Waals surface area contributed by atoms with Gasteiger partial charge in [0.15, 0.2) is 0 Å². The Labute approximate surface area is 59.7 Å². The molecular weight excluding hydrogens is 130 g/mol. The highest BCUT2D eigenvalue weighted by Gasteiger charge is 2.54. The summed E-state index contributed by atoms with van der Waals surface area (Å²) < 4.78 is 5.17. The topological polar surface area (TPSA) is 38.3 Å². The van der Waals surface area contributed by atoms with E-state index in [-0.39, 0.29) is 5.91 Å². The van der Waals surface area contributed by atoms with E-state index in [0.29, 0.717) is 17.9 Å².